The number of ether oxygens (including phenoxy) is 2. The van der Waals surface area contributed by atoms with Gasteiger partial charge in [-0.25, -0.2) is 4.98 Å². The summed E-state index contributed by atoms with van der Waals surface area (Å²) in [4.78, 5) is 16.9. The van der Waals surface area contributed by atoms with Crippen LogP contribution in [0.1, 0.15) is 21.9 Å². The van der Waals surface area contributed by atoms with Crippen molar-refractivity contribution in [3.05, 3.63) is 45.4 Å². The summed E-state index contributed by atoms with van der Waals surface area (Å²) in [6.45, 7) is 0. The Morgan fingerprint density at radius 2 is 2.00 bits per heavy atom. The van der Waals surface area contributed by atoms with Crippen molar-refractivity contribution in [1.29, 1.82) is 0 Å². The molecule has 3 aromatic rings. The van der Waals surface area contributed by atoms with Crippen molar-refractivity contribution in [3.8, 4) is 11.5 Å². The summed E-state index contributed by atoms with van der Waals surface area (Å²) in [6, 6.07) is 4.98. The van der Waals surface area contributed by atoms with Gasteiger partial charge < -0.3 is 14.0 Å². The topological polar surface area (TPSA) is 94.1 Å². The number of aromatic amines is 1. The highest BCUT2D eigenvalue weighted by atomic mass is 32.1. The first kappa shape index (κ1) is 18.1. The number of aromatic nitrogens is 4. The van der Waals surface area contributed by atoms with E-state index in [9.17, 15) is 4.79 Å². The Morgan fingerprint density at radius 3 is 2.58 bits per heavy atom. The fourth-order valence-corrected chi connectivity index (χ4v) is 3.11. The minimum atomic E-state index is -0.290. The number of thiazole rings is 1. The maximum Gasteiger partial charge on any atom is 0.257 e. The number of rotatable bonds is 6. The fraction of sp³-hybridized carbons (Fsp3) is 0.250. The lowest BCUT2D eigenvalue weighted by Crippen LogP contribution is -2.12. The van der Waals surface area contributed by atoms with E-state index in [-0.39, 0.29) is 5.91 Å². The lowest BCUT2D eigenvalue weighted by molar-refractivity contribution is 0.102. The first-order valence-electron chi connectivity index (χ1n) is 7.59. The second kappa shape index (κ2) is 7.67. The molecule has 0 saturated heterocycles. The number of benzene rings is 1. The molecule has 10 heteroatoms. The molecule has 0 aliphatic carbocycles. The van der Waals surface area contributed by atoms with Gasteiger partial charge in [-0.05, 0) is 24.4 Å². The van der Waals surface area contributed by atoms with Crippen LogP contribution < -0.4 is 14.8 Å². The third-order valence-electron chi connectivity index (χ3n) is 3.70. The van der Waals surface area contributed by atoms with Gasteiger partial charge in [-0.1, -0.05) is 0 Å². The number of H-pyrrole nitrogens is 1. The number of anilines is 1. The van der Waals surface area contributed by atoms with E-state index in [1.165, 1.54) is 25.6 Å². The van der Waals surface area contributed by atoms with Crippen molar-refractivity contribution >= 4 is 34.6 Å². The van der Waals surface area contributed by atoms with Crippen molar-refractivity contribution in [2.75, 3.05) is 19.5 Å². The average molecular weight is 391 g/mol. The van der Waals surface area contributed by atoms with E-state index in [1.54, 1.807) is 22.8 Å². The largest absolute Gasteiger partial charge is 0.497 e. The molecular formula is C16H17N5O3S2. The van der Waals surface area contributed by atoms with Gasteiger partial charge in [0, 0.05) is 24.1 Å². The quantitative estimate of drug-likeness (QED) is 0.628. The zero-order valence-corrected chi connectivity index (χ0v) is 16.0. The summed E-state index contributed by atoms with van der Waals surface area (Å²) in [5, 5.41) is 12.1. The third kappa shape index (κ3) is 3.92. The number of hydrogen-bond acceptors (Lipinski definition) is 7. The molecule has 1 amide bonds. The highest BCUT2D eigenvalue weighted by molar-refractivity contribution is 7.71. The zero-order chi connectivity index (χ0) is 18.7. The Labute approximate surface area is 158 Å². The monoisotopic (exact) mass is 391 g/mol. The van der Waals surface area contributed by atoms with Gasteiger partial charge in [0.05, 0.1) is 26.3 Å². The molecule has 0 spiro atoms. The second-order valence-electron chi connectivity index (χ2n) is 5.38. The molecule has 136 valence electrons. The molecule has 0 unspecified atom stereocenters. The van der Waals surface area contributed by atoms with Crippen molar-refractivity contribution in [2.24, 2.45) is 7.05 Å². The number of amides is 1. The van der Waals surface area contributed by atoms with Crippen molar-refractivity contribution < 1.29 is 14.3 Å². The Balaban J connectivity index is 1.73. The molecule has 2 N–H and O–H groups in total. The molecule has 8 nitrogen and oxygen atoms in total. The first-order valence-corrected chi connectivity index (χ1v) is 8.88. The number of nitrogens with one attached hydrogen (secondary N) is 2. The number of hydrogen-bond donors (Lipinski definition) is 2. The van der Waals surface area contributed by atoms with Crippen LogP contribution in [0, 0.1) is 4.77 Å². The number of carbonyl (C=O) groups excluding carboxylic acids is 1. The molecule has 0 fully saturated rings. The van der Waals surface area contributed by atoms with E-state index in [4.69, 9.17) is 21.7 Å². The zero-order valence-electron chi connectivity index (χ0n) is 14.4. The van der Waals surface area contributed by atoms with Crippen molar-refractivity contribution in [3.63, 3.8) is 0 Å². The lowest BCUT2D eigenvalue weighted by Gasteiger charge is -2.08. The standard InChI is InChI=1S/C16H17N5O3S2/c1-21-13(19-20-16(21)25)6-10-8-26-15(17-10)18-14(22)9-4-11(23-2)7-12(5-9)24-3/h4-5,7-8H,6H2,1-3H3,(H,20,25)(H,17,18,22). The average Bonchev–Trinajstić information content (AvgIpc) is 3.22. The molecule has 3 rings (SSSR count). The van der Waals surface area contributed by atoms with Crippen LogP contribution in [0.5, 0.6) is 11.5 Å². The number of carbonyl (C=O) groups is 1. The van der Waals surface area contributed by atoms with Crippen LogP contribution in [-0.4, -0.2) is 39.9 Å². The van der Waals surface area contributed by atoms with Gasteiger partial charge in [-0.15, -0.1) is 11.3 Å². The molecular weight excluding hydrogens is 374 g/mol. The molecule has 1 aromatic carbocycles. The maximum absolute atomic E-state index is 12.5. The van der Waals surface area contributed by atoms with Gasteiger partial charge in [0.15, 0.2) is 9.90 Å². The molecule has 0 bridgehead atoms. The minimum Gasteiger partial charge on any atom is -0.497 e. The highest BCUT2D eigenvalue weighted by Gasteiger charge is 2.13. The molecule has 0 aliphatic rings. The van der Waals surface area contributed by atoms with Crippen LogP contribution in [0.25, 0.3) is 0 Å². The molecule has 0 saturated carbocycles. The van der Waals surface area contributed by atoms with Crippen LogP contribution in [0.3, 0.4) is 0 Å². The van der Waals surface area contributed by atoms with E-state index in [2.05, 4.69) is 20.5 Å². The van der Waals surface area contributed by atoms with Gasteiger partial charge in [0.1, 0.15) is 17.3 Å². The Bertz CT molecular complexity index is 970. The van der Waals surface area contributed by atoms with Crippen molar-refractivity contribution in [1.82, 2.24) is 19.7 Å². The predicted molar refractivity (Wildman–Crippen MR) is 101 cm³/mol. The normalized spacial score (nSPS) is 10.6. The van der Waals surface area contributed by atoms with E-state index in [0.717, 1.165) is 11.5 Å². The second-order valence-corrected chi connectivity index (χ2v) is 6.63. The summed E-state index contributed by atoms with van der Waals surface area (Å²) in [5.41, 5.74) is 1.22. The molecule has 0 radical (unpaired) electrons. The van der Waals surface area contributed by atoms with Crippen LogP contribution >= 0.6 is 23.6 Å². The van der Waals surface area contributed by atoms with Crippen LogP contribution in [-0.2, 0) is 13.5 Å². The third-order valence-corrected chi connectivity index (χ3v) is 4.87. The van der Waals surface area contributed by atoms with Crippen LogP contribution in [0.2, 0.25) is 0 Å². The SMILES string of the molecule is COc1cc(OC)cc(C(=O)Nc2nc(Cc3n[nH]c(=S)n3C)cs2)c1. The predicted octanol–water partition coefficient (Wildman–Crippen LogP) is 2.79. The van der Waals surface area contributed by atoms with Gasteiger partial charge in [-0.3, -0.25) is 15.2 Å². The molecule has 0 atom stereocenters. The smallest absolute Gasteiger partial charge is 0.257 e. The van der Waals surface area contributed by atoms with Gasteiger partial charge >= 0.3 is 0 Å². The summed E-state index contributed by atoms with van der Waals surface area (Å²) >= 11 is 6.44. The summed E-state index contributed by atoms with van der Waals surface area (Å²) < 4.78 is 12.7. The fourth-order valence-electron chi connectivity index (χ4n) is 2.25. The summed E-state index contributed by atoms with van der Waals surface area (Å²) in [7, 11) is 4.91. The summed E-state index contributed by atoms with van der Waals surface area (Å²) in [6.07, 6.45) is 0.517. The molecule has 2 heterocycles. The van der Waals surface area contributed by atoms with E-state index >= 15 is 0 Å². The first-order chi connectivity index (χ1) is 12.5. The van der Waals surface area contributed by atoms with Crippen LogP contribution in [0.4, 0.5) is 5.13 Å². The summed E-state index contributed by atoms with van der Waals surface area (Å²) in [5.74, 6) is 1.57. The Hall–Kier alpha value is -2.72. The van der Waals surface area contributed by atoms with E-state index in [0.29, 0.717) is 33.4 Å². The van der Waals surface area contributed by atoms with E-state index in [1.807, 2.05) is 12.4 Å². The molecule has 2 aromatic heterocycles. The number of nitrogens with zero attached hydrogens (tertiary/aromatic N) is 3. The van der Waals surface area contributed by atoms with Gasteiger partial charge in [-0.2, -0.15) is 5.10 Å². The Kier molecular flexibility index (Phi) is 5.33. The van der Waals surface area contributed by atoms with Crippen molar-refractivity contribution in [2.45, 2.75) is 6.42 Å². The molecule has 26 heavy (non-hydrogen) atoms. The highest BCUT2D eigenvalue weighted by Crippen LogP contribution is 2.24. The minimum absolute atomic E-state index is 0.290. The maximum atomic E-state index is 12.5. The van der Waals surface area contributed by atoms with Crippen LogP contribution in [0.15, 0.2) is 23.6 Å². The van der Waals surface area contributed by atoms with Gasteiger partial charge in [0.25, 0.3) is 5.91 Å². The van der Waals surface area contributed by atoms with Gasteiger partial charge in [0.2, 0.25) is 0 Å². The lowest BCUT2D eigenvalue weighted by atomic mass is 10.2. The number of methoxy groups -OCH3 is 2. The Morgan fingerprint density at radius 1 is 1.31 bits per heavy atom. The molecule has 0 aliphatic heterocycles. The van der Waals surface area contributed by atoms with E-state index < -0.39 is 0 Å².